The highest BCUT2D eigenvalue weighted by atomic mass is 16.6. The van der Waals surface area contributed by atoms with Gasteiger partial charge in [-0.05, 0) is 51.4 Å². The molecule has 0 aliphatic rings. The molecule has 1 atom stereocenters. The number of carbonyl (C=O) groups excluding carboxylic acids is 3. The van der Waals surface area contributed by atoms with Crippen molar-refractivity contribution in [3.05, 3.63) is 24.3 Å². The van der Waals surface area contributed by atoms with Crippen LogP contribution in [-0.2, 0) is 28.6 Å². The Morgan fingerprint density at radius 3 is 0.800 bits per heavy atom. The minimum atomic E-state index is -0.774. The maximum atomic E-state index is 12.9. The normalized spacial score (nSPS) is 12.1. The van der Waals surface area contributed by atoms with Crippen LogP contribution in [-0.4, -0.2) is 37.2 Å². The second-order valence-corrected chi connectivity index (χ2v) is 21.3. The summed E-state index contributed by atoms with van der Waals surface area (Å²) in [5.41, 5.74) is 0. The third-order valence-electron chi connectivity index (χ3n) is 14.2. The van der Waals surface area contributed by atoms with Gasteiger partial charge in [0.05, 0.1) is 0 Å². The molecule has 0 radical (unpaired) electrons. The Bertz CT molecular complexity index is 1130. The summed E-state index contributed by atoms with van der Waals surface area (Å²) in [4.78, 5) is 38.2. The van der Waals surface area contributed by atoms with Crippen molar-refractivity contribution in [3.63, 3.8) is 0 Å². The first-order valence-corrected chi connectivity index (χ1v) is 31.3. The van der Waals surface area contributed by atoms with Crippen molar-refractivity contribution in [2.75, 3.05) is 13.2 Å². The zero-order chi connectivity index (χ0) is 50.7. The fraction of sp³-hybridized carbons (Fsp3) is 0.891. The molecule has 6 heteroatoms. The molecule has 0 fully saturated rings. The number of esters is 3. The van der Waals surface area contributed by atoms with Crippen LogP contribution in [0.3, 0.4) is 0 Å². The first kappa shape index (κ1) is 67.9. The molecule has 0 saturated carbocycles. The van der Waals surface area contributed by atoms with Gasteiger partial charge in [0, 0.05) is 19.3 Å². The number of hydrogen-bond acceptors (Lipinski definition) is 6. The first-order chi connectivity index (χ1) is 34.5. The molecule has 0 amide bonds. The summed E-state index contributed by atoms with van der Waals surface area (Å²) in [5, 5.41) is 0. The molecule has 0 aromatic rings. The lowest BCUT2D eigenvalue weighted by atomic mass is 10.0. The maximum Gasteiger partial charge on any atom is 0.306 e. The SMILES string of the molecule is CCCCCC/C=C\C/C=C\CCCCCCCC(=O)OC(COC(=O)CCCCCCCCCCCCCCCC)COC(=O)CCCCCCCCCCCCCCCCCCCCCCCC. The lowest BCUT2D eigenvalue weighted by Crippen LogP contribution is -2.30. The summed E-state index contributed by atoms with van der Waals surface area (Å²) < 4.78 is 16.9. The number of allylic oxidation sites excluding steroid dienone is 4. The number of ether oxygens (including phenoxy) is 3. The molecule has 0 saturated heterocycles. The van der Waals surface area contributed by atoms with Crippen molar-refractivity contribution in [3.8, 4) is 0 Å². The Labute approximate surface area is 436 Å². The highest BCUT2D eigenvalue weighted by molar-refractivity contribution is 5.71. The zero-order valence-electron chi connectivity index (χ0n) is 47.3. The van der Waals surface area contributed by atoms with Crippen LogP contribution in [0.4, 0.5) is 0 Å². The van der Waals surface area contributed by atoms with Crippen molar-refractivity contribution in [1.29, 1.82) is 0 Å². The van der Waals surface area contributed by atoms with E-state index in [4.69, 9.17) is 14.2 Å². The Morgan fingerprint density at radius 1 is 0.286 bits per heavy atom. The van der Waals surface area contributed by atoms with Gasteiger partial charge in [0.2, 0.25) is 0 Å². The number of rotatable bonds is 58. The Kier molecular flexibility index (Phi) is 57.7. The minimum Gasteiger partial charge on any atom is -0.462 e. The molecular formula is C64H120O6. The Hall–Kier alpha value is -2.11. The van der Waals surface area contributed by atoms with Crippen LogP contribution >= 0.6 is 0 Å². The van der Waals surface area contributed by atoms with Gasteiger partial charge in [-0.15, -0.1) is 0 Å². The van der Waals surface area contributed by atoms with E-state index in [9.17, 15) is 14.4 Å². The second kappa shape index (κ2) is 59.5. The summed E-state index contributed by atoms with van der Waals surface area (Å²) in [7, 11) is 0. The fourth-order valence-electron chi connectivity index (χ4n) is 9.48. The molecule has 0 N–H and O–H groups in total. The Balaban J connectivity index is 4.28. The summed E-state index contributed by atoms with van der Waals surface area (Å²) >= 11 is 0. The molecule has 0 heterocycles. The van der Waals surface area contributed by atoms with Crippen LogP contribution < -0.4 is 0 Å². The molecule has 1 unspecified atom stereocenters. The molecule has 0 spiro atoms. The van der Waals surface area contributed by atoms with Crippen molar-refractivity contribution in [2.45, 2.75) is 354 Å². The number of unbranched alkanes of at least 4 members (excludes halogenated alkanes) is 43. The van der Waals surface area contributed by atoms with E-state index in [1.165, 1.54) is 231 Å². The number of hydrogen-bond donors (Lipinski definition) is 0. The van der Waals surface area contributed by atoms with Gasteiger partial charge in [0.15, 0.2) is 6.10 Å². The minimum absolute atomic E-state index is 0.0711. The predicted molar refractivity (Wildman–Crippen MR) is 303 cm³/mol. The molecule has 412 valence electrons. The third kappa shape index (κ3) is 56.8. The van der Waals surface area contributed by atoms with Gasteiger partial charge in [-0.2, -0.15) is 0 Å². The summed E-state index contributed by atoms with van der Waals surface area (Å²) in [5.74, 6) is -0.859. The second-order valence-electron chi connectivity index (χ2n) is 21.3. The average Bonchev–Trinajstić information content (AvgIpc) is 3.36. The fourth-order valence-corrected chi connectivity index (χ4v) is 9.48. The van der Waals surface area contributed by atoms with E-state index < -0.39 is 6.10 Å². The van der Waals surface area contributed by atoms with Crippen molar-refractivity contribution in [2.24, 2.45) is 0 Å². The van der Waals surface area contributed by atoms with Crippen LogP contribution in [0.15, 0.2) is 24.3 Å². The molecule has 0 aromatic carbocycles. The summed E-state index contributed by atoms with van der Waals surface area (Å²) in [6.07, 6.45) is 70.4. The molecular weight excluding hydrogens is 865 g/mol. The topological polar surface area (TPSA) is 78.9 Å². The van der Waals surface area contributed by atoms with E-state index in [1.54, 1.807) is 0 Å². The largest absolute Gasteiger partial charge is 0.462 e. The van der Waals surface area contributed by atoms with Crippen molar-refractivity contribution in [1.82, 2.24) is 0 Å². The van der Waals surface area contributed by atoms with Crippen LogP contribution in [0, 0.1) is 0 Å². The standard InChI is InChI=1S/C64H120O6/c1-4-7-10-13-16-19-22-25-28-30-31-32-33-34-35-37-39-42-45-48-51-54-57-63(66)69-60-61(59-68-62(65)56-53-50-47-44-41-38-27-24-21-18-15-12-9-6-3)70-64(67)58-55-52-49-46-43-40-36-29-26-23-20-17-14-11-8-5-2/h20,23,29,36,61H,4-19,21-22,24-28,30-35,37-60H2,1-3H3/b23-20-,36-29-. The molecule has 0 aliphatic heterocycles. The summed E-state index contributed by atoms with van der Waals surface area (Å²) in [6, 6.07) is 0. The van der Waals surface area contributed by atoms with Gasteiger partial charge in [-0.3, -0.25) is 14.4 Å². The highest BCUT2D eigenvalue weighted by Crippen LogP contribution is 2.18. The van der Waals surface area contributed by atoms with E-state index in [0.717, 1.165) is 77.0 Å². The van der Waals surface area contributed by atoms with Crippen molar-refractivity contribution < 1.29 is 28.6 Å². The van der Waals surface area contributed by atoms with Gasteiger partial charge in [0.25, 0.3) is 0 Å². The van der Waals surface area contributed by atoms with E-state index in [0.29, 0.717) is 19.3 Å². The quantitative estimate of drug-likeness (QED) is 0.0261. The van der Waals surface area contributed by atoms with Gasteiger partial charge < -0.3 is 14.2 Å². The monoisotopic (exact) mass is 985 g/mol. The number of carbonyl (C=O) groups is 3. The smallest absolute Gasteiger partial charge is 0.306 e. The summed E-state index contributed by atoms with van der Waals surface area (Å²) in [6.45, 7) is 6.68. The molecule has 0 bridgehead atoms. The van der Waals surface area contributed by atoms with Crippen LogP contribution in [0.2, 0.25) is 0 Å². The third-order valence-corrected chi connectivity index (χ3v) is 14.2. The predicted octanol–water partition coefficient (Wildman–Crippen LogP) is 21.1. The van der Waals surface area contributed by atoms with Crippen LogP contribution in [0.25, 0.3) is 0 Å². The van der Waals surface area contributed by atoms with Gasteiger partial charge >= 0.3 is 17.9 Å². The van der Waals surface area contributed by atoms with Gasteiger partial charge in [-0.1, -0.05) is 302 Å². The van der Waals surface area contributed by atoms with E-state index in [1.807, 2.05) is 0 Å². The molecule has 70 heavy (non-hydrogen) atoms. The van der Waals surface area contributed by atoms with Gasteiger partial charge in [-0.25, -0.2) is 0 Å². The average molecular weight is 986 g/mol. The lowest BCUT2D eigenvalue weighted by Gasteiger charge is -2.18. The van der Waals surface area contributed by atoms with Gasteiger partial charge in [0.1, 0.15) is 13.2 Å². The molecule has 0 aromatic heterocycles. The van der Waals surface area contributed by atoms with Crippen LogP contribution in [0.5, 0.6) is 0 Å². The zero-order valence-corrected chi connectivity index (χ0v) is 47.3. The molecule has 0 aliphatic carbocycles. The highest BCUT2D eigenvalue weighted by Gasteiger charge is 2.19. The molecule has 0 rings (SSSR count). The van der Waals surface area contributed by atoms with Crippen LogP contribution in [0.1, 0.15) is 348 Å². The van der Waals surface area contributed by atoms with Crippen molar-refractivity contribution >= 4 is 17.9 Å². The first-order valence-electron chi connectivity index (χ1n) is 31.3. The Morgan fingerprint density at radius 2 is 0.514 bits per heavy atom. The van der Waals surface area contributed by atoms with E-state index in [-0.39, 0.29) is 31.1 Å². The maximum absolute atomic E-state index is 12.9. The molecule has 6 nitrogen and oxygen atoms in total. The van der Waals surface area contributed by atoms with E-state index in [2.05, 4.69) is 45.1 Å². The lowest BCUT2D eigenvalue weighted by molar-refractivity contribution is -0.167. The van der Waals surface area contributed by atoms with E-state index >= 15 is 0 Å².